The summed E-state index contributed by atoms with van der Waals surface area (Å²) in [6.07, 6.45) is 4.35. The molecule has 2 fully saturated rings. The van der Waals surface area contributed by atoms with Crippen LogP contribution >= 0.6 is 0 Å². The van der Waals surface area contributed by atoms with Crippen LogP contribution in [0.2, 0.25) is 0 Å². The maximum Gasteiger partial charge on any atom is 0.0538 e. The molecule has 0 amide bonds. The van der Waals surface area contributed by atoms with Crippen molar-refractivity contribution in [2.24, 2.45) is 10.9 Å². The van der Waals surface area contributed by atoms with Crippen molar-refractivity contribution in [3.8, 4) is 0 Å². The van der Waals surface area contributed by atoms with Gasteiger partial charge in [0.05, 0.1) is 6.21 Å². The summed E-state index contributed by atoms with van der Waals surface area (Å²) >= 11 is 0. The highest BCUT2D eigenvalue weighted by molar-refractivity contribution is 5.80. The molecule has 1 aromatic carbocycles. The average Bonchev–Trinajstić information content (AvgIpc) is 2.63. The van der Waals surface area contributed by atoms with E-state index in [9.17, 15) is 0 Å². The van der Waals surface area contributed by atoms with Crippen LogP contribution in [0.25, 0.3) is 0 Å². The highest BCUT2D eigenvalue weighted by Crippen LogP contribution is 2.21. The number of hydrogen-bond donors (Lipinski definition) is 1. The second kappa shape index (κ2) is 7.79. The summed E-state index contributed by atoms with van der Waals surface area (Å²) in [7, 11) is 0. The van der Waals surface area contributed by atoms with Gasteiger partial charge in [-0.3, -0.25) is 4.90 Å². The standard InChI is InChI=1S/C18H29N5/c1-2-21-9-7-18(8-10-21)23-13-11-22(12-14-23)17-5-3-16(4-6-17)15-20-19/h3-6,15,18H,2,7-14,19H2,1H3. The molecule has 0 aliphatic carbocycles. The first-order chi connectivity index (χ1) is 11.3. The van der Waals surface area contributed by atoms with Crippen LogP contribution in [0.5, 0.6) is 0 Å². The van der Waals surface area contributed by atoms with E-state index in [0.29, 0.717) is 0 Å². The van der Waals surface area contributed by atoms with Crippen molar-refractivity contribution in [1.82, 2.24) is 9.80 Å². The molecule has 0 radical (unpaired) electrons. The van der Waals surface area contributed by atoms with Gasteiger partial charge in [-0.25, -0.2) is 0 Å². The van der Waals surface area contributed by atoms with Crippen LogP contribution in [0.3, 0.4) is 0 Å². The number of hydrogen-bond acceptors (Lipinski definition) is 5. The Labute approximate surface area is 139 Å². The molecule has 0 unspecified atom stereocenters. The van der Waals surface area contributed by atoms with Crippen LogP contribution in [0.4, 0.5) is 5.69 Å². The Morgan fingerprint density at radius 3 is 2.26 bits per heavy atom. The van der Waals surface area contributed by atoms with Gasteiger partial charge in [-0.05, 0) is 50.2 Å². The van der Waals surface area contributed by atoms with Crippen molar-refractivity contribution in [3.05, 3.63) is 29.8 Å². The molecule has 23 heavy (non-hydrogen) atoms. The molecule has 0 bridgehead atoms. The molecule has 5 nitrogen and oxygen atoms in total. The lowest BCUT2D eigenvalue weighted by molar-refractivity contribution is 0.106. The SMILES string of the molecule is CCN1CCC(N2CCN(c3ccc(C=NN)cc3)CC2)CC1. The third kappa shape index (κ3) is 4.03. The van der Waals surface area contributed by atoms with E-state index in [1.54, 1.807) is 6.21 Å². The topological polar surface area (TPSA) is 48.1 Å². The first kappa shape index (κ1) is 16.3. The van der Waals surface area contributed by atoms with Gasteiger partial charge in [-0.1, -0.05) is 19.1 Å². The van der Waals surface area contributed by atoms with Crippen LogP contribution in [-0.4, -0.2) is 67.9 Å². The Kier molecular flexibility index (Phi) is 5.51. The second-order valence-corrected chi connectivity index (χ2v) is 6.56. The zero-order valence-corrected chi connectivity index (χ0v) is 14.2. The maximum absolute atomic E-state index is 5.20. The van der Waals surface area contributed by atoms with Gasteiger partial charge >= 0.3 is 0 Å². The van der Waals surface area contributed by atoms with E-state index in [1.807, 2.05) is 0 Å². The molecule has 2 aliphatic rings. The minimum atomic E-state index is 0.795. The molecule has 2 heterocycles. The van der Waals surface area contributed by atoms with Crippen LogP contribution in [0.1, 0.15) is 25.3 Å². The summed E-state index contributed by atoms with van der Waals surface area (Å²) in [4.78, 5) is 7.76. The third-order valence-corrected chi connectivity index (χ3v) is 5.32. The van der Waals surface area contributed by atoms with Gasteiger partial charge in [0.25, 0.3) is 0 Å². The van der Waals surface area contributed by atoms with Gasteiger partial charge in [0.1, 0.15) is 0 Å². The van der Waals surface area contributed by atoms with E-state index in [-0.39, 0.29) is 0 Å². The average molecular weight is 315 g/mol. The van der Waals surface area contributed by atoms with Crippen LogP contribution in [0.15, 0.2) is 29.4 Å². The number of piperidine rings is 1. The summed E-state index contributed by atoms with van der Waals surface area (Å²) in [5, 5.41) is 3.57. The Balaban J connectivity index is 1.50. The monoisotopic (exact) mass is 315 g/mol. The Hall–Kier alpha value is -1.59. The highest BCUT2D eigenvalue weighted by Gasteiger charge is 2.26. The van der Waals surface area contributed by atoms with Crippen molar-refractivity contribution in [2.75, 3.05) is 50.7 Å². The molecule has 2 aliphatic heterocycles. The molecule has 0 saturated carbocycles. The van der Waals surface area contributed by atoms with Gasteiger partial charge < -0.3 is 15.6 Å². The number of likely N-dealkylation sites (tertiary alicyclic amines) is 1. The fraction of sp³-hybridized carbons (Fsp3) is 0.611. The second-order valence-electron chi connectivity index (χ2n) is 6.56. The Morgan fingerprint density at radius 1 is 1.04 bits per heavy atom. The molecule has 5 heteroatoms. The van der Waals surface area contributed by atoms with Gasteiger partial charge in [-0.15, -0.1) is 0 Å². The van der Waals surface area contributed by atoms with E-state index >= 15 is 0 Å². The summed E-state index contributed by atoms with van der Waals surface area (Å²) in [6, 6.07) is 9.30. The molecular weight excluding hydrogens is 286 g/mol. The molecule has 0 atom stereocenters. The third-order valence-electron chi connectivity index (χ3n) is 5.32. The van der Waals surface area contributed by atoms with Gasteiger partial charge in [0, 0.05) is 37.9 Å². The molecule has 2 saturated heterocycles. The minimum absolute atomic E-state index is 0.795. The van der Waals surface area contributed by atoms with Gasteiger partial charge in [0.2, 0.25) is 0 Å². The number of rotatable bonds is 4. The first-order valence-corrected chi connectivity index (χ1v) is 8.85. The van der Waals surface area contributed by atoms with Crippen molar-refractivity contribution in [2.45, 2.75) is 25.8 Å². The summed E-state index contributed by atoms with van der Waals surface area (Å²) < 4.78 is 0. The lowest BCUT2D eigenvalue weighted by atomic mass is 10.0. The Bertz CT molecular complexity index is 497. The van der Waals surface area contributed by atoms with E-state index in [2.05, 4.69) is 51.0 Å². The summed E-state index contributed by atoms with van der Waals surface area (Å²) in [5.74, 6) is 5.20. The van der Waals surface area contributed by atoms with E-state index in [0.717, 1.165) is 24.7 Å². The molecule has 1 aromatic rings. The Morgan fingerprint density at radius 2 is 1.70 bits per heavy atom. The smallest absolute Gasteiger partial charge is 0.0538 e. The molecule has 126 valence electrons. The lowest BCUT2D eigenvalue weighted by Crippen LogP contribution is -2.53. The summed E-state index contributed by atoms with van der Waals surface area (Å²) in [5.41, 5.74) is 2.36. The minimum Gasteiger partial charge on any atom is -0.369 e. The number of piperazine rings is 1. The zero-order valence-electron chi connectivity index (χ0n) is 14.2. The summed E-state index contributed by atoms with van der Waals surface area (Å²) in [6.45, 7) is 10.6. The van der Waals surface area contributed by atoms with E-state index < -0.39 is 0 Å². The quantitative estimate of drug-likeness (QED) is 0.521. The largest absolute Gasteiger partial charge is 0.369 e. The van der Waals surface area contributed by atoms with Gasteiger partial charge in [0.15, 0.2) is 0 Å². The number of benzene rings is 1. The van der Waals surface area contributed by atoms with Crippen LogP contribution < -0.4 is 10.7 Å². The predicted molar refractivity (Wildman–Crippen MR) is 97.1 cm³/mol. The number of anilines is 1. The molecule has 0 spiro atoms. The van der Waals surface area contributed by atoms with Gasteiger partial charge in [-0.2, -0.15) is 5.10 Å². The number of nitrogens with two attached hydrogens (primary N) is 1. The first-order valence-electron chi connectivity index (χ1n) is 8.85. The number of hydrazone groups is 1. The normalized spacial score (nSPS) is 22.0. The molecule has 2 N–H and O–H groups in total. The number of nitrogens with zero attached hydrogens (tertiary/aromatic N) is 4. The van der Waals surface area contributed by atoms with E-state index in [1.165, 1.54) is 51.3 Å². The van der Waals surface area contributed by atoms with Crippen LogP contribution in [-0.2, 0) is 0 Å². The predicted octanol–water partition coefficient (Wildman–Crippen LogP) is 1.59. The highest BCUT2D eigenvalue weighted by atomic mass is 15.3. The fourth-order valence-electron chi connectivity index (χ4n) is 3.80. The van der Waals surface area contributed by atoms with Crippen LogP contribution in [0, 0.1) is 0 Å². The van der Waals surface area contributed by atoms with Crippen molar-refractivity contribution in [1.29, 1.82) is 0 Å². The maximum atomic E-state index is 5.20. The van der Waals surface area contributed by atoms with Crippen molar-refractivity contribution in [3.63, 3.8) is 0 Å². The lowest BCUT2D eigenvalue weighted by Gasteiger charge is -2.43. The van der Waals surface area contributed by atoms with E-state index in [4.69, 9.17) is 5.84 Å². The zero-order chi connectivity index (χ0) is 16.1. The fourth-order valence-corrected chi connectivity index (χ4v) is 3.80. The van der Waals surface area contributed by atoms with Crippen molar-refractivity contribution >= 4 is 11.9 Å². The molecular formula is C18H29N5. The molecule has 0 aromatic heterocycles. The van der Waals surface area contributed by atoms with Crippen molar-refractivity contribution < 1.29 is 0 Å². The molecule has 3 rings (SSSR count).